The Morgan fingerprint density at radius 3 is 1.50 bits per heavy atom. The van der Waals surface area contributed by atoms with Gasteiger partial charge in [-0.25, -0.2) is 0 Å². The van der Waals surface area contributed by atoms with E-state index in [9.17, 15) is 0 Å². The van der Waals surface area contributed by atoms with Crippen molar-refractivity contribution in [2.75, 3.05) is 0 Å². The van der Waals surface area contributed by atoms with Crippen LogP contribution in [0.15, 0.2) is 30.3 Å². The Kier molecular flexibility index (Phi) is 23.6. The van der Waals surface area contributed by atoms with Crippen LogP contribution in [0.5, 0.6) is 0 Å². The van der Waals surface area contributed by atoms with Crippen LogP contribution in [-0.2, 0) is 0 Å². The quantitative estimate of drug-likeness (QED) is 0.549. The third-order valence-corrected chi connectivity index (χ3v) is 1.29. The lowest BCUT2D eigenvalue weighted by Crippen LogP contribution is -1.67. The Labute approximate surface area is 102 Å². The summed E-state index contributed by atoms with van der Waals surface area (Å²) in [5.41, 5.74) is 1.08. The van der Waals surface area contributed by atoms with Crippen LogP contribution < -0.4 is 0 Å². The monoisotopic (exact) mass is 216 g/mol. The lowest BCUT2D eigenvalue weighted by molar-refractivity contribution is 1.50. The zero-order valence-electron chi connectivity index (χ0n) is 10.4. The van der Waals surface area contributed by atoms with Gasteiger partial charge in [-0.05, 0) is 32.9 Å². The van der Waals surface area contributed by atoms with E-state index in [2.05, 4.69) is 23.7 Å². The molecule has 0 amide bonds. The highest BCUT2D eigenvalue weighted by Gasteiger charge is 1.77. The summed E-state index contributed by atoms with van der Waals surface area (Å²) in [5, 5.41) is 0. The van der Waals surface area contributed by atoms with E-state index >= 15 is 0 Å². The third kappa shape index (κ3) is 14.8. The highest BCUT2D eigenvalue weighted by atomic mass is 13.8. The molecule has 0 nitrogen and oxygen atoms in total. The van der Waals surface area contributed by atoms with E-state index < -0.39 is 0 Å². The Morgan fingerprint density at radius 1 is 0.750 bits per heavy atom. The molecular weight excluding hydrogens is 192 g/mol. The lowest BCUT2D eigenvalue weighted by Gasteiger charge is -1.83. The molecule has 0 atom stereocenters. The Balaban J connectivity index is -0.000000209. The molecule has 0 heteroatoms. The normalized spacial score (nSPS) is 5.56. The minimum Gasteiger partial charge on any atom is -0.107 e. The number of benzene rings is 1. The van der Waals surface area contributed by atoms with Gasteiger partial charge in [-0.15, -0.1) is 17.8 Å². The van der Waals surface area contributed by atoms with Crippen LogP contribution in [0.4, 0.5) is 0 Å². The average Bonchev–Trinajstić information content (AvgIpc) is 2.34. The maximum absolute atomic E-state index is 2.96. The molecule has 0 saturated heterocycles. The second-order valence-electron chi connectivity index (χ2n) is 2.24. The van der Waals surface area contributed by atoms with Crippen molar-refractivity contribution in [3.63, 3.8) is 0 Å². The second-order valence-corrected chi connectivity index (χ2v) is 2.24. The fourth-order valence-corrected chi connectivity index (χ4v) is 0.666. The van der Waals surface area contributed by atoms with E-state index in [-0.39, 0.29) is 7.43 Å². The summed E-state index contributed by atoms with van der Waals surface area (Å²) in [6, 6.07) is 9.95. The summed E-state index contributed by atoms with van der Waals surface area (Å²) >= 11 is 0. The Hall–Kier alpha value is -1.66. The van der Waals surface area contributed by atoms with Crippen LogP contribution in [0.2, 0.25) is 0 Å². The maximum Gasteiger partial charge on any atom is 0.0245 e. The molecule has 1 rings (SSSR count). The number of hydrogen-bond donors (Lipinski definition) is 0. The van der Waals surface area contributed by atoms with Gasteiger partial charge in [0.1, 0.15) is 0 Å². The summed E-state index contributed by atoms with van der Waals surface area (Å²) in [6.07, 6.45) is 0. The van der Waals surface area contributed by atoms with Crippen molar-refractivity contribution >= 4 is 0 Å². The van der Waals surface area contributed by atoms with E-state index in [1.165, 1.54) is 0 Å². The zero-order valence-corrected chi connectivity index (χ0v) is 10.4. The van der Waals surface area contributed by atoms with Gasteiger partial charge in [0.05, 0.1) is 0 Å². The van der Waals surface area contributed by atoms with Crippen LogP contribution in [0.25, 0.3) is 0 Å². The van der Waals surface area contributed by atoms with Gasteiger partial charge < -0.3 is 0 Å². The van der Waals surface area contributed by atoms with Crippen molar-refractivity contribution in [1.82, 2.24) is 0 Å². The fraction of sp³-hybridized carbons (Fsp3) is 0.375. The van der Waals surface area contributed by atoms with E-state index in [4.69, 9.17) is 0 Å². The highest BCUT2D eigenvalue weighted by Crippen LogP contribution is 1.93. The molecule has 0 aliphatic heterocycles. The highest BCUT2D eigenvalue weighted by molar-refractivity contribution is 5.32. The molecule has 0 N–H and O–H groups in total. The minimum absolute atomic E-state index is 0. The first-order chi connectivity index (χ1) is 7.35. The molecule has 0 unspecified atom stereocenters. The molecule has 0 aliphatic rings. The largest absolute Gasteiger partial charge is 0.107 e. The van der Waals surface area contributed by atoms with Gasteiger partial charge >= 0.3 is 0 Å². The van der Waals surface area contributed by atoms with Crippen molar-refractivity contribution in [2.24, 2.45) is 0 Å². The Morgan fingerprint density at radius 2 is 1.19 bits per heavy atom. The van der Waals surface area contributed by atoms with Crippen LogP contribution in [0.3, 0.4) is 0 Å². The summed E-state index contributed by atoms with van der Waals surface area (Å²) in [5.74, 6) is 11.2. The van der Waals surface area contributed by atoms with Crippen molar-refractivity contribution in [3.05, 3.63) is 35.9 Å². The van der Waals surface area contributed by atoms with Gasteiger partial charge in [0.15, 0.2) is 0 Å². The van der Waals surface area contributed by atoms with Gasteiger partial charge in [0.25, 0.3) is 0 Å². The summed E-state index contributed by atoms with van der Waals surface area (Å²) in [7, 11) is 0. The second kappa shape index (κ2) is 19.0. The predicted octanol–water partition coefficient (Wildman–Crippen LogP) is 4.75. The molecule has 0 fully saturated rings. The molecule has 16 heavy (non-hydrogen) atoms. The third-order valence-electron chi connectivity index (χ3n) is 1.29. The van der Waals surface area contributed by atoms with E-state index in [0.717, 1.165) is 5.56 Å². The van der Waals surface area contributed by atoms with E-state index in [1.54, 1.807) is 0 Å². The van der Waals surface area contributed by atoms with Gasteiger partial charge in [-0.1, -0.05) is 45.4 Å². The summed E-state index contributed by atoms with van der Waals surface area (Å²) in [6.45, 7) is 9.48. The molecule has 0 heterocycles. The van der Waals surface area contributed by atoms with Gasteiger partial charge in [0.2, 0.25) is 0 Å². The summed E-state index contributed by atoms with van der Waals surface area (Å²) in [4.78, 5) is 0. The van der Waals surface area contributed by atoms with Gasteiger partial charge in [-0.2, -0.15) is 0 Å². The molecule has 0 bridgehead atoms. The number of rotatable bonds is 0. The first kappa shape index (κ1) is 19.8. The summed E-state index contributed by atoms with van der Waals surface area (Å²) < 4.78 is 0. The van der Waals surface area contributed by atoms with Crippen molar-refractivity contribution in [2.45, 2.75) is 42.0 Å². The fourth-order valence-electron chi connectivity index (χ4n) is 0.666. The van der Waals surface area contributed by atoms with Crippen LogP contribution in [0, 0.1) is 23.7 Å². The van der Waals surface area contributed by atoms with Gasteiger partial charge in [0, 0.05) is 5.56 Å². The average molecular weight is 216 g/mol. The predicted molar refractivity (Wildman–Crippen MR) is 76.2 cm³/mol. The first-order valence-electron chi connectivity index (χ1n) is 5.16. The minimum atomic E-state index is 0. The van der Waals surface area contributed by atoms with Crippen molar-refractivity contribution < 1.29 is 0 Å². The molecular formula is C16H24. The number of hydrogen-bond acceptors (Lipinski definition) is 0. The van der Waals surface area contributed by atoms with Gasteiger partial charge in [-0.3, -0.25) is 0 Å². The molecule has 1 aromatic rings. The van der Waals surface area contributed by atoms with Crippen LogP contribution in [-0.4, -0.2) is 0 Å². The molecule has 0 saturated carbocycles. The topological polar surface area (TPSA) is 0 Å². The van der Waals surface area contributed by atoms with Crippen molar-refractivity contribution in [1.29, 1.82) is 0 Å². The Bertz CT molecular complexity index is 319. The van der Waals surface area contributed by atoms with Crippen LogP contribution >= 0.6 is 0 Å². The zero-order chi connectivity index (χ0) is 11.9. The molecule has 1 aromatic carbocycles. The molecule has 0 aliphatic carbocycles. The molecule has 0 radical (unpaired) electrons. The lowest BCUT2D eigenvalue weighted by atomic mass is 10.2. The first-order valence-corrected chi connectivity index (χ1v) is 5.16. The standard InChI is InChI=1S/C9H8.C4H6.C2H6.CH4/c1-2-6-9-7-4-3-5-8-9;1-3-4-2;1-2;/h3-5,7-8H,1H3;1-2H3;1-2H3;1H4. The van der Waals surface area contributed by atoms with E-state index in [0.29, 0.717) is 0 Å². The van der Waals surface area contributed by atoms with E-state index in [1.807, 2.05) is 65.0 Å². The molecule has 88 valence electrons. The van der Waals surface area contributed by atoms with Crippen molar-refractivity contribution in [3.8, 4) is 23.7 Å². The van der Waals surface area contributed by atoms with Crippen LogP contribution in [0.1, 0.15) is 47.6 Å². The maximum atomic E-state index is 2.96. The smallest absolute Gasteiger partial charge is 0.0245 e. The SMILES string of the molecule is C.CC.CC#CC.CC#Cc1ccccc1. The molecule has 0 aromatic heterocycles. The molecule has 0 spiro atoms.